The molecule has 2 heterocycles. The fourth-order valence-electron chi connectivity index (χ4n) is 3.84. The summed E-state index contributed by atoms with van der Waals surface area (Å²) in [6, 6.07) is 11.3. The molecule has 0 bridgehead atoms. The second-order valence-corrected chi connectivity index (χ2v) is 7.24. The molecule has 1 aliphatic rings. The number of furan rings is 1. The van der Waals surface area contributed by atoms with Crippen molar-refractivity contribution in [2.24, 2.45) is 0 Å². The van der Waals surface area contributed by atoms with Crippen molar-refractivity contribution in [1.29, 1.82) is 0 Å². The van der Waals surface area contributed by atoms with Crippen molar-refractivity contribution in [2.45, 2.75) is 37.6 Å². The van der Waals surface area contributed by atoms with Gasteiger partial charge in [0.05, 0.1) is 23.9 Å². The molecule has 27 heavy (non-hydrogen) atoms. The Morgan fingerprint density at radius 1 is 1.11 bits per heavy atom. The minimum absolute atomic E-state index is 0.0263. The monoisotopic (exact) mass is 381 g/mol. The number of hydrogen-bond donors (Lipinski definition) is 1. The molecule has 1 N–H and O–H groups in total. The molecule has 1 fully saturated rings. The van der Waals surface area contributed by atoms with Crippen LogP contribution in [0.25, 0.3) is 11.5 Å². The number of hydrogen-bond acceptors (Lipinski definition) is 4. The van der Waals surface area contributed by atoms with E-state index in [-0.39, 0.29) is 5.91 Å². The molecule has 1 saturated carbocycles. The van der Waals surface area contributed by atoms with Gasteiger partial charge in [-0.3, -0.25) is 9.78 Å². The second-order valence-electron chi connectivity index (χ2n) is 6.81. The predicted octanol–water partition coefficient (Wildman–Crippen LogP) is 4.52. The third kappa shape index (κ3) is 3.47. The van der Waals surface area contributed by atoms with E-state index in [0.29, 0.717) is 28.7 Å². The quantitative estimate of drug-likeness (QED) is 0.705. The number of benzene rings is 1. The highest BCUT2D eigenvalue weighted by Crippen LogP contribution is 2.41. The van der Waals surface area contributed by atoms with E-state index in [4.69, 9.17) is 16.0 Å². The van der Waals surface area contributed by atoms with Crippen molar-refractivity contribution in [3.05, 3.63) is 71.3 Å². The Morgan fingerprint density at radius 2 is 1.85 bits per heavy atom. The SMILES string of the molecule is O=C(NCc1nccnc1-c1ccco1)C1(c2ccc(Cl)cc2)CCCC1. The summed E-state index contributed by atoms with van der Waals surface area (Å²) in [5.74, 6) is 0.666. The molecule has 5 nitrogen and oxygen atoms in total. The molecule has 6 heteroatoms. The normalized spacial score (nSPS) is 15.6. The van der Waals surface area contributed by atoms with Crippen molar-refractivity contribution in [3.8, 4) is 11.5 Å². The Labute approximate surface area is 162 Å². The first-order valence-corrected chi connectivity index (χ1v) is 9.45. The maximum atomic E-state index is 13.2. The maximum Gasteiger partial charge on any atom is 0.230 e. The van der Waals surface area contributed by atoms with Gasteiger partial charge in [0.1, 0.15) is 5.69 Å². The van der Waals surface area contributed by atoms with Gasteiger partial charge in [-0.25, -0.2) is 4.98 Å². The lowest BCUT2D eigenvalue weighted by Crippen LogP contribution is -2.42. The van der Waals surface area contributed by atoms with Gasteiger partial charge in [0.25, 0.3) is 0 Å². The van der Waals surface area contributed by atoms with E-state index in [1.807, 2.05) is 30.3 Å². The third-order valence-corrected chi connectivity index (χ3v) is 5.49. The van der Waals surface area contributed by atoms with Gasteiger partial charge in [-0.1, -0.05) is 36.6 Å². The van der Waals surface area contributed by atoms with Crippen molar-refractivity contribution in [2.75, 3.05) is 0 Å². The molecule has 4 rings (SSSR count). The number of carbonyl (C=O) groups is 1. The van der Waals surface area contributed by atoms with E-state index in [0.717, 1.165) is 31.2 Å². The first-order valence-electron chi connectivity index (χ1n) is 9.07. The summed E-state index contributed by atoms with van der Waals surface area (Å²) in [5.41, 5.74) is 1.85. The third-order valence-electron chi connectivity index (χ3n) is 5.23. The van der Waals surface area contributed by atoms with Gasteiger partial charge in [0.2, 0.25) is 5.91 Å². The van der Waals surface area contributed by atoms with Crippen LogP contribution < -0.4 is 5.32 Å². The molecule has 0 spiro atoms. The molecular formula is C21H20ClN3O2. The van der Waals surface area contributed by atoms with Crippen molar-refractivity contribution in [1.82, 2.24) is 15.3 Å². The number of carbonyl (C=O) groups excluding carboxylic acids is 1. The van der Waals surface area contributed by atoms with E-state index in [1.54, 1.807) is 24.7 Å². The molecule has 0 radical (unpaired) electrons. The Hall–Kier alpha value is -2.66. The van der Waals surface area contributed by atoms with Crippen LogP contribution >= 0.6 is 11.6 Å². The standard InChI is InChI=1S/C21H20ClN3O2/c22-16-7-5-15(6-8-16)21(9-1-2-10-21)20(26)25-14-17-19(24-12-11-23-17)18-4-3-13-27-18/h3-8,11-13H,1-2,9-10,14H2,(H,25,26). The van der Waals surface area contributed by atoms with Crippen LogP contribution in [0.4, 0.5) is 0 Å². The van der Waals surface area contributed by atoms with Gasteiger partial charge >= 0.3 is 0 Å². The largest absolute Gasteiger partial charge is 0.463 e. The minimum Gasteiger partial charge on any atom is -0.463 e. The number of halogens is 1. The lowest BCUT2D eigenvalue weighted by molar-refractivity contribution is -0.126. The maximum absolute atomic E-state index is 13.2. The van der Waals surface area contributed by atoms with Gasteiger partial charge in [-0.05, 0) is 42.7 Å². The highest BCUT2D eigenvalue weighted by Gasteiger charge is 2.42. The average Bonchev–Trinajstić information content (AvgIpc) is 3.39. The van der Waals surface area contributed by atoms with Crippen molar-refractivity contribution < 1.29 is 9.21 Å². The number of rotatable bonds is 5. The van der Waals surface area contributed by atoms with Gasteiger partial charge in [-0.15, -0.1) is 0 Å². The fourth-order valence-corrected chi connectivity index (χ4v) is 3.97. The van der Waals surface area contributed by atoms with Crippen LogP contribution in [0.1, 0.15) is 36.9 Å². The Bertz CT molecular complexity index is 917. The lowest BCUT2D eigenvalue weighted by Gasteiger charge is -2.28. The summed E-state index contributed by atoms with van der Waals surface area (Å²) in [7, 11) is 0. The van der Waals surface area contributed by atoms with E-state index in [9.17, 15) is 4.79 Å². The Morgan fingerprint density at radius 3 is 2.56 bits per heavy atom. The molecule has 2 aromatic heterocycles. The highest BCUT2D eigenvalue weighted by atomic mass is 35.5. The Kier molecular flexibility index (Phi) is 4.94. The minimum atomic E-state index is -0.502. The smallest absolute Gasteiger partial charge is 0.230 e. The molecule has 1 aromatic carbocycles. The van der Waals surface area contributed by atoms with Crippen LogP contribution in [0.3, 0.4) is 0 Å². The second kappa shape index (κ2) is 7.53. The van der Waals surface area contributed by atoms with E-state index >= 15 is 0 Å². The fraction of sp³-hybridized carbons (Fsp3) is 0.286. The van der Waals surface area contributed by atoms with Crippen LogP contribution in [0.2, 0.25) is 5.02 Å². The first kappa shape index (κ1) is 17.7. The zero-order chi connectivity index (χ0) is 18.7. The highest BCUT2D eigenvalue weighted by molar-refractivity contribution is 6.30. The molecule has 0 atom stereocenters. The molecular weight excluding hydrogens is 362 g/mol. The average molecular weight is 382 g/mol. The number of nitrogens with zero attached hydrogens (tertiary/aromatic N) is 2. The first-order chi connectivity index (χ1) is 13.2. The zero-order valence-corrected chi connectivity index (χ0v) is 15.6. The molecule has 3 aromatic rings. The van der Waals surface area contributed by atoms with Gasteiger partial charge in [-0.2, -0.15) is 0 Å². The van der Waals surface area contributed by atoms with Crippen LogP contribution in [0, 0.1) is 0 Å². The summed E-state index contributed by atoms with van der Waals surface area (Å²) < 4.78 is 5.44. The van der Waals surface area contributed by atoms with Gasteiger partial charge in [0, 0.05) is 17.4 Å². The number of aromatic nitrogens is 2. The summed E-state index contributed by atoms with van der Waals surface area (Å²) in [6.07, 6.45) is 8.60. The lowest BCUT2D eigenvalue weighted by atomic mass is 9.78. The van der Waals surface area contributed by atoms with E-state index in [1.165, 1.54) is 0 Å². The van der Waals surface area contributed by atoms with Crippen LogP contribution in [-0.2, 0) is 16.8 Å². The summed E-state index contributed by atoms with van der Waals surface area (Å²) in [5, 5.41) is 3.76. The van der Waals surface area contributed by atoms with Crippen LogP contribution in [0.15, 0.2) is 59.5 Å². The van der Waals surface area contributed by atoms with Crippen LogP contribution in [0.5, 0.6) is 0 Å². The summed E-state index contributed by atoms with van der Waals surface area (Å²) >= 11 is 6.03. The topological polar surface area (TPSA) is 68.0 Å². The van der Waals surface area contributed by atoms with Gasteiger partial charge in [0.15, 0.2) is 5.76 Å². The molecule has 0 unspecified atom stereocenters. The zero-order valence-electron chi connectivity index (χ0n) is 14.8. The van der Waals surface area contributed by atoms with E-state index < -0.39 is 5.41 Å². The predicted molar refractivity (Wildman–Crippen MR) is 103 cm³/mol. The molecule has 0 aliphatic heterocycles. The van der Waals surface area contributed by atoms with Gasteiger partial charge < -0.3 is 9.73 Å². The van der Waals surface area contributed by atoms with E-state index in [2.05, 4.69) is 15.3 Å². The molecule has 138 valence electrons. The Balaban J connectivity index is 1.56. The van der Waals surface area contributed by atoms with Crippen molar-refractivity contribution in [3.63, 3.8) is 0 Å². The summed E-state index contributed by atoms with van der Waals surface area (Å²) in [6.45, 7) is 0.304. The molecule has 0 saturated heterocycles. The van der Waals surface area contributed by atoms with Crippen LogP contribution in [-0.4, -0.2) is 15.9 Å². The number of amides is 1. The molecule has 1 aliphatic carbocycles. The molecule has 1 amide bonds. The summed E-state index contributed by atoms with van der Waals surface area (Å²) in [4.78, 5) is 22.0. The number of nitrogens with one attached hydrogen (secondary N) is 1. The van der Waals surface area contributed by atoms with Crippen molar-refractivity contribution >= 4 is 17.5 Å².